The molecule has 1 N–H and O–H groups in total. The van der Waals surface area contributed by atoms with Gasteiger partial charge in [-0.05, 0) is 67.8 Å². The van der Waals surface area contributed by atoms with Gasteiger partial charge in [-0.25, -0.2) is 0 Å². The predicted octanol–water partition coefficient (Wildman–Crippen LogP) is 3.62. The summed E-state index contributed by atoms with van der Waals surface area (Å²) in [6.07, 6.45) is 6.81. The smallest absolute Gasteiger partial charge is 0.119 e. The molecular weight excluding hydrogens is 328 g/mol. The molecule has 112 valence electrons. The molecule has 4 heteroatoms. The van der Waals surface area contributed by atoms with Crippen LogP contribution in [0.15, 0.2) is 47.2 Å². The van der Waals surface area contributed by atoms with Gasteiger partial charge in [0.15, 0.2) is 0 Å². The molecule has 1 atom stereocenters. The summed E-state index contributed by atoms with van der Waals surface area (Å²) >= 11 is 3.62. The van der Waals surface area contributed by atoms with Gasteiger partial charge in [-0.2, -0.15) is 0 Å². The van der Waals surface area contributed by atoms with E-state index in [2.05, 4.69) is 44.4 Å². The van der Waals surface area contributed by atoms with Crippen molar-refractivity contribution >= 4 is 15.9 Å². The molecule has 21 heavy (non-hydrogen) atoms. The highest BCUT2D eigenvalue weighted by Gasteiger charge is 2.11. The van der Waals surface area contributed by atoms with Gasteiger partial charge >= 0.3 is 0 Å². The largest absolute Gasteiger partial charge is 0.497 e. The van der Waals surface area contributed by atoms with E-state index in [-0.39, 0.29) is 0 Å². The lowest BCUT2D eigenvalue weighted by Gasteiger charge is -2.17. The quantitative estimate of drug-likeness (QED) is 0.829. The van der Waals surface area contributed by atoms with Crippen molar-refractivity contribution in [3.05, 3.63) is 58.3 Å². The van der Waals surface area contributed by atoms with Crippen LogP contribution in [0.25, 0.3) is 0 Å². The van der Waals surface area contributed by atoms with E-state index in [0.717, 1.165) is 29.5 Å². The highest BCUT2D eigenvalue weighted by molar-refractivity contribution is 9.10. The van der Waals surface area contributed by atoms with Crippen LogP contribution in [0.2, 0.25) is 0 Å². The number of likely N-dealkylation sites (N-methyl/N-ethyl adjacent to an activating group) is 1. The van der Waals surface area contributed by atoms with Crippen molar-refractivity contribution in [1.82, 2.24) is 10.3 Å². The Morgan fingerprint density at radius 2 is 2.00 bits per heavy atom. The summed E-state index contributed by atoms with van der Waals surface area (Å²) in [6, 6.07) is 10.7. The van der Waals surface area contributed by atoms with E-state index in [1.54, 1.807) is 7.11 Å². The molecule has 1 heterocycles. The summed E-state index contributed by atoms with van der Waals surface area (Å²) in [4.78, 5) is 4.06. The SMILES string of the molecule is CNC(CCc1ccncc1)Cc1cc(OC)ccc1Br. The summed E-state index contributed by atoms with van der Waals surface area (Å²) in [5.74, 6) is 0.900. The van der Waals surface area contributed by atoms with E-state index >= 15 is 0 Å². The molecule has 1 aromatic carbocycles. The maximum Gasteiger partial charge on any atom is 0.119 e. The minimum absolute atomic E-state index is 0.432. The lowest BCUT2D eigenvalue weighted by molar-refractivity contribution is 0.413. The molecule has 1 aromatic heterocycles. The van der Waals surface area contributed by atoms with E-state index in [1.165, 1.54) is 11.1 Å². The Balaban J connectivity index is 1.99. The first-order chi connectivity index (χ1) is 10.2. The monoisotopic (exact) mass is 348 g/mol. The van der Waals surface area contributed by atoms with Gasteiger partial charge in [0, 0.05) is 22.9 Å². The van der Waals surface area contributed by atoms with Gasteiger partial charge in [0.25, 0.3) is 0 Å². The van der Waals surface area contributed by atoms with Gasteiger partial charge in [-0.15, -0.1) is 0 Å². The summed E-state index contributed by atoms with van der Waals surface area (Å²) < 4.78 is 6.44. The third-order valence-corrected chi connectivity index (χ3v) is 4.43. The Morgan fingerprint density at radius 1 is 1.24 bits per heavy atom. The maximum absolute atomic E-state index is 5.31. The fourth-order valence-electron chi connectivity index (χ4n) is 2.34. The first kappa shape index (κ1) is 16.0. The molecule has 0 amide bonds. The standard InChI is InChI=1S/C17H21BrN2O/c1-19-15(4-3-13-7-9-20-10-8-13)11-14-12-16(21-2)5-6-17(14)18/h5-10,12,15,19H,3-4,11H2,1-2H3. The van der Waals surface area contributed by atoms with Crippen LogP contribution >= 0.6 is 15.9 Å². The van der Waals surface area contributed by atoms with E-state index in [1.807, 2.05) is 31.6 Å². The summed E-state index contributed by atoms with van der Waals surface area (Å²) in [5, 5.41) is 3.41. The number of nitrogens with one attached hydrogen (secondary N) is 1. The topological polar surface area (TPSA) is 34.2 Å². The van der Waals surface area contributed by atoms with Crippen molar-refractivity contribution < 1.29 is 4.74 Å². The number of ether oxygens (including phenoxy) is 1. The molecule has 0 aliphatic rings. The van der Waals surface area contributed by atoms with Crippen LogP contribution in [-0.2, 0) is 12.8 Å². The number of rotatable bonds is 7. The van der Waals surface area contributed by atoms with Crippen molar-refractivity contribution in [2.24, 2.45) is 0 Å². The Labute approximate surface area is 134 Å². The second kappa shape index (κ2) is 8.15. The molecule has 0 saturated heterocycles. The highest BCUT2D eigenvalue weighted by atomic mass is 79.9. The van der Waals surface area contributed by atoms with Crippen molar-refractivity contribution in [3.63, 3.8) is 0 Å². The Kier molecular flexibility index (Phi) is 6.21. The molecular formula is C17H21BrN2O. The zero-order valence-electron chi connectivity index (χ0n) is 12.5. The first-order valence-electron chi connectivity index (χ1n) is 7.11. The highest BCUT2D eigenvalue weighted by Crippen LogP contribution is 2.24. The second-order valence-electron chi connectivity index (χ2n) is 5.04. The van der Waals surface area contributed by atoms with Crippen LogP contribution in [0.3, 0.4) is 0 Å². The molecule has 0 bridgehead atoms. The Hall–Kier alpha value is -1.39. The number of nitrogens with zero attached hydrogens (tertiary/aromatic N) is 1. The fourth-order valence-corrected chi connectivity index (χ4v) is 2.75. The predicted molar refractivity (Wildman–Crippen MR) is 89.8 cm³/mol. The zero-order valence-corrected chi connectivity index (χ0v) is 14.1. The average Bonchev–Trinajstić information content (AvgIpc) is 2.54. The van der Waals surface area contributed by atoms with E-state index < -0.39 is 0 Å². The van der Waals surface area contributed by atoms with Crippen molar-refractivity contribution in [3.8, 4) is 5.75 Å². The van der Waals surface area contributed by atoms with Crippen molar-refractivity contribution in [1.29, 1.82) is 0 Å². The molecule has 0 radical (unpaired) electrons. The number of halogens is 1. The molecule has 0 aliphatic heterocycles. The van der Waals surface area contributed by atoms with Gasteiger partial charge in [0.1, 0.15) is 5.75 Å². The Bertz CT molecular complexity index is 560. The summed E-state index contributed by atoms with van der Waals surface area (Å²) in [7, 11) is 3.72. The minimum atomic E-state index is 0.432. The van der Waals surface area contributed by atoms with E-state index in [0.29, 0.717) is 6.04 Å². The normalized spacial score (nSPS) is 12.1. The second-order valence-corrected chi connectivity index (χ2v) is 5.90. The molecule has 0 aliphatic carbocycles. The molecule has 0 spiro atoms. The number of hydrogen-bond acceptors (Lipinski definition) is 3. The lowest BCUT2D eigenvalue weighted by atomic mass is 9.99. The van der Waals surface area contributed by atoms with Crippen LogP contribution in [0.5, 0.6) is 5.75 Å². The minimum Gasteiger partial charge on any atom is -0.497 e. The van der Waals surface area contributed by atoms with Gasteiger partial charge in [0.2, 0.25) is 0 Å². The van der Waals surface area contributed by atoms with Crippen molar-refractivity contribution in [2.45, 2.75) is 25.3 Å². The number of aromatic nitrogens is 1. The van der Waals surface area contributed by atoms with Crippen molar-refractivity contribution in [2.75, 3.05) is 14.2 Å². The average molecular weight is 349 g/mol. The molecule has 0 fully saturated rings. The number of pyridine rings is 1. The van der Waals surface area contributed by atoms with Crippen LogP contribution in [0, 0.1) is 0 Å². The number of methoxy groups -OCH3 is 1. The van der Waals surface area contributed by atoms with Crippen LogP contribution in [0.1, 0.15) is 17.5 Å². The van der Waals surface area contributed by atoms with Gasteiger partial charge in [0.05, 0.1) is 7.11 Å². The molecule has 2 aromatic rings. The van der Waals surface area contributed by atoms with Gasteiger partial charge in [-0.1, -0.05) is 15.9 Å². The van der Waals surface area contributed by atoms with Crippen LogP contribution < -0.4 is 10.1 Å². The molecule has 0 saturated carbocycles. The first-order valence-corrected chi connectivity index (χ1v) is 7.91. The molecule has 1 unspecified atom stereocenters. The number of hydrogen-bond donors (Lipinski definition) is 1. The fraction of sp³-hybridized carbons (Fsp3) is 0.353. The Morgan fingerprint density at radius 3 is 2.67 bits per heavy atom. The maximum atomic E-state index is 5.31. The zero-order chi connectivity index (χ0) is 15.1. The number of benzene rings is 1. The van der Waals surface area contributed by atoms with Crippen LogP contribution in [-0.4, -0.2) is 25.2 Å². The number of aryl methyl sites for hydroxylation is 1. The van der Waals surface area contributed by atoms with Gasteiger partial charge in [-0.3, -0.25) is 4.98 Å². The summed E-state index contributed by atoms with van der Waals surface area (Å²) in [5.41, 5.74) is 2.60. The van der Waals surface area contributed by atoms with E-state index in [4.69, 9.17) is 4.74 Å². The van der Waals surface area contributed by atoms with Crippen LogP contribution in [0.4, 0.5) is 0 Å². The summed E-state index contributed by atoms with van der Waals surface area (Å²) in [6.45, 7) is 0. The molecule has 2 rings (SSSR count). The third kappa shape index (κ3) is 4.83. The van der Waals surface area contributed by atoms with Gasteiger partial charge < -0.3 is 10.1 Å². The third-order valence-electron chi connectivity index (χ3n) is 3.66. The van der Waals surface area contributed by atoms with E-state index in [9.17, 15) is 0 Å². The molecule has 3 nitrogen and oxygen atoms in total. The lowest BCUT2D eigenvalue weighted by Crippen LogP contribution is -2.28.